The zero-order chi connectivity index (χ0) is 14.8. The van der Waals surface area contributed by atoms with Crippen molar-refractivity contribution in [1.29, 1.82) is 0 Å². The van der Waals surface area contributed by atoms with Gasteiger partial charge >= 0.3 is 5.97 Å². The molecule has 0 aromatic carbocycles. The lowest BCUT2D eigenvalue weighted by Gasteiger charge is -2.04. The fourth-order valence-corrected chi connectivity index (χ4v) is 3.97. The predicted octanol–water partition coefficient (Wildman–Crippen LogP) is 0.659. The number of rotatable bonds is 6. The highest BCUT2D eigenvalue weighted by Gasteiger charge is 2.21. The molecule has 2 heterocycles. The molecule has 2 rings (SSSR count). The van der Waals surface area contributed by atoms with Crippen molar-refractivity contribution in [2.24, 2.45) is 0 Å². The monoisotopic (exact) mass is 317 g/mol. The van der Waals surface area contributed by atoms with Crippen molar-refractivity contribution in [3.63, 3.8) is 0 Å². The van der Waals surface area contributed by atoms with Crippen molar-refractivity contribution in [3.8, 4) is 0 Å². The molecule has 0 saturated carbocycles. The molecule has 0 spiro atoms. The van der Waals surface area contributed by atoms with Crippen LogP contribution in [0.3, 0.4) is 0 Å². The highest BCUT2D eigenvalue weighted by molar-refractivity contribution is 7.89. The van der Waals surface area contributed by atoms with Crippen LogP contribution in [0.25, 0.3) is 0 Å². The lowest BCUT2D eigenvalue weighted by atomic mass is 10.4. The highest BCUT2D eigenvalue weighted by Crippen LogP contribution is 2.25. The summed E-state index contributed by atoms with van der Waals surface area (Å²) < 4.78 is 31.2. The second-order valence-corrected chi connectivity index (χ2v) is 6.81. The molecular weight excluding hydrogens is 306 g/mol. The maximum atomic E-state index is 12.1. The summed E-state index contributed by atoms with van der Waals surface area (Å²) in [6.07, 6.45) is 1.49. The molecule has 0 radical (unpaired) electrons. The summed E-state index contributed by atoms with van der Waals surface area (Å²) in [6.45, 7) is 1.64. The molecule has 0 amide bonds. The Hall–Kier alpha value is -1.78. The molecule has 0 unspecified atom stereocenters. The third-order valence-electron chi connectivity index (χ3n) is 2.41. The van der Waals surface area contributed by atoms with Crippen LogP contribution in [0.15, 0.2) is 21.8 Å². The van der Waals surface area contributed by atoms with Gasteiger partial charge in [0.25, 0.3) is 0 Å². The van der Waals surface area contributed by atoms with Crippen molar-refractivity contribution in [2.45, 2.75) is 18.2 Å². The molecule has 8 nitrogen and oxygen atoms in total. The van der Waals surface area contributed by atoms with E-state index in [9.17, 15) is 13.2 Å². The second kappa shape index (κ2) is 5.69. The molecular formula is C10H11N3O5S2. The van der Waals surface area contributed by atoms with Gasteiger partial charge in [0.2, 0.25) is 15.9 Å². The molecule has 0 aliphatic rings. The first-order valence-corrected chi connectivity index (χ1v) is 7.79. The van der Waals surface area contributed by atoms with Crippen LogP contribution in [0.4, 0.5) is 0 Å². The summed E-state index contributed by atoms with van der Waals surface area (Å²) in [6, 6.07) is 1.15. The molecule has 10 heteroatoms. The summed E-state index contributed by atoms with van der Waals surface area (Å²) in [7, 11) is -3.75. The van der Waals surface area contributed by atoms with E-state index in [2.05, 4.69) is 14.9 Å². The van der Waals surface area contributed by atoms with Crippen LogP contribution in [0.5, 0.6) is 0 Å². The maximum Gasteiger partial charge on any atom is 0.345 e. The highest BCUT2D eigenvalue weighted by atomic mass is 32.2. The number of thiophene rings is 1. The fraction of sp³-hybridized carbons (Fsp3) is 0.300. The van der Waals surface area contributed by atoms with Gasteiger partial charge in [0.15, 0.2) is 6.33 Å². The standard InChI is InChI=1S/C10H11N3O5S2/c1-6-8(4-7(19-6)10(14)15)20(16,17)13-3-2-9-11-5-12-18-9/h4-5,13H,2-3H2,1H3,(H,14,15). The molecule has 0 atom stereocenters. The minimum absolute atomic E-state index is 0.0141. The van der Waals surface area contributed by atoms with Crippen molar-refractivity contribution in [2.75, 3.05) is 6.54 Å². The van der Waals surface area contributed by atoms with Crippen molar-refractivity contribution in [1.82, 2.24) is 14.9 Å². The number of hydrogen-bond donors (Lipinski definition) is 2. The molecule has 2 N–H and O–H groups in total. The van der Waals surface area contributed by atoms with Gasteiger partial charge in [-0.25, -0.2) is 17.9 Å². The van der Waals surface area contributed by atoms with Gasteiger partial charge in [-0.1, -0.05) is 5.16 Å². The molecule has 0 aliphatic heterocycles. The van der Waals surface area contributed by atoms with E-state index >= 15 is 0 Å². The Bertz CT molecular complexity index is 705. The number of carboxylic acid groups (broad SMARTS) is 1. The number of sulfonamides is 1. The van der Waals surface area contributed by atoms with Gasteiger partial charge in [0, 0.05) is 17.8 Å². The minimum atomic E-state index is -3.75. The Kier molecular flexibility index (Phi) is 4.16. The van der Waals surface area contributed by atoms with Crippen LogP contribution < -0.4 is 4.72 Å². The SMILES string of the molecule is Cc1sc(C(=O)O)cc1S(=O)(=O)NCCc1ncno1. The molecule has 0 bridgehead atoms. The van der Waals surface area contributed by atoms with E-state index in [4.69, 9.17) is 9.63 Å². The lowest BCUT2D eigenvalue weighted by molar-refractivity contribution is 0.0702. The number of nitrogens with one attached hydrogen (secondary N) is 1. The third-order valence-corrected chi connectivity index (χ3v) is 5.17. The van der Waals surface area contributed by atoms with Crippen LogP contribution in [-0.4, -0.2) is 36.2 Å². The van der Waals surface area contributed by atoms with Crippen molar-refractivity contribution < 1.29 is 22.8 Å². The normalized spacial score (nSPS) is 11.7. The topological polar surface area (TPSA) is 122 Å². The Morgan fingerprint density at radius 2 is 2.30 bits per heavy atom. The Labute approximate surface area is 118 Å². The number of aromatic carboxylic acids is 1. The van der Waals surface area contributed by atoms with E-state index < -0.39 is 16.0 Å². The van der Waals surface area contributed by atoms with E-state index in [1.54, 1.807) is 6.92 Å². The first kappa shape index (κ1) is 14.6. The third kappa shape index (κ3) is 3.21. The number of aryl methyl sites for hydroxylation is 1. The van der Waals surface area contributed by atoms with E-state index in [0.717, 1.165) is 17.4 Å². The summed E-state index contributed by atoms with van der Waals surface area (Å²) in [5.41, 5.74) is 0. The van der Waals surface area contributed by atoms with Crippen LogP contribution in [0.1, 0.15) is 20.4 Å². The molecule has 2 aromatic rings. The van der Waals surface area contributed by atoms with Crippen molar-refractivity contribution in [3.05, 3.63) is 28.0 Å². The quantitative estimate of drug-likeness (QED) is 0.802. The van der Waals surface area contributed by atoms with Crippen molar-refractivity contribution >= 4 is 27.3 Å². The van der Waals surface area contributed by atoms with Gasteiger partial charge in [-0.15, -0.1) is 11.3 Å². The summed E-state index contributed by atoms with van der Waals surface area (Å²) in [5.74, 6) is -0.827. The van der Waals surface area contributed by atoms with E-state index in [1.807, 2.05) is 0 Å². The maximum absolute atomic E-state index is 12.1. The summed E-state index contributed by atoms with van der Waals surface area (Å²) in [4.78, 5) is 15.0. The molecule has 108 valence electrons. The molecule has 0 fully saturated rings. The lowest BCUT2D eigenvalue weighted by Crippen LogP contribution is -2.26. The molecule has 20 heavy (non-hydrogen) atoms. The number of hydrogen-bond acceptors (Lipinski definition) is 7. The molecule has 0 saturated heterocycles. The summed E-state index contributed by atoms with van der Waals surface area (Å²) in [5, 5.41) is 12.3. The summed E-state index contributed by atoms with van der Waals surface area (Å²) >= 11 is 0.921. The number of aromatic nitrogens is 2. The largest absolute Gasteiger partial charge is 0.477 e. The zero-order valence-corrected chi connectivity index (χ0v) is 12.0. The van der Waals surface area contributed by atoms with Gasteiger partial charge < -0.3 is 9.63 Å². The fourth-order valence-electron chi connectivity index (χ4n) is 1.51. The zero-order valence-electron chi connectivity index (χ0n) is 10.4. The average Bonchev–Trinajstić information content (AvgIpc) is 2.98. The number of carbonyl (C=O) groups is 1. The predicted molar refractivity (Wildman–Crippen MR) is 69.2 cm³/mol. The van der Waals surface area contributed by atoms with E-state index in [0.29, 0.717) is 10.8 Å². The first-order chi connectivity index (χ1) is 9.40. The second-order valence-electron chi connectivity index (χ2n) is 3.82. The molecule has 2 aromatic heterocycles. The van der Waals surface area contributed by atoms with E-state index in [1.165, 1.54) is 6.33 Å². The molecule has 0 aliphatic carbocycles. The van der Waals surface area contributed by atoms with Crippen LogP contribution >= 0.6 is 11.3 Å². The van der Waals surface area contributed by atoms with Crippen LogP contribution in [-0.2, 0) is 16.4 Å². The van der Waals surface area contributed by atoms with E-state index in [-0.39, 0.29) is 22.7 Å². The number of carboxylic acids is 1. The number of nitrogens with zero attached hydrogens (tertiary/aromatic N) is 2. The van der Waals surface area contributed by atoms with Gasteiger partial charge in [0.1, 0.15) is 4.88 Å². The first-order valence-electron chi connectivity index (χ1n) is 5.49. The van der Waals surface area contributed by atoms with Gasteiger partial charge in [-0.3, -0.25) is 0 Å². The Morgan fingerprint density at radius 1 is 1.55 bits per heavy atom. The van der Waals surface area contributed by atoms with Gasteiger partial charge in [0.05, 0.1) is 4.90 Å². The van der Waals surface area contributed by atoms with Gasteiger partial charge in [-0.2, -0.15) is 4.98 Å². The smallest absolute Gasteiger partial charge is 0.345 e. The minimum Gasteiger partial charge on any atom is -0.477 e. The van der Waals surface area contributed by atoms with Gasteiger partial charge in [-0.05, 0) is 13.0 Å². The Balaban J connectivity index is 2.08. The average molecular weight is 317 g/mol. The van der Waals surface area contributed by atoms with Crippen LogP contribution in [0, 0.1) is 6.92 Å². The van der Waals surface area contributed by atoms with Crippen LogP contribution in [0.2, 0.25) is 0 Å². The Morgan fingerprint density at radius 3 is 2.85 bits per heavy atom.